The van der Waals surface area contributed by atoms with Crippen LogP contribution in [0.1, 0.15) is 0 Å². The number of aromatic nitrogens is 3. The van der Waals surface area contributed by atoms with Gasteiger partial charge in [0.15, 0.2) is 0 Å². The van der Waals surface area contributed by atoms with E-state index in [0.717, 1.165) is 14.9 Å². The Kier molecular flexibility index (Phi) is 3.63. The van der Waals surface area contributed by atoms with Crippen LogP contribution >= 0.6 is 23.1 Å². The molecule has 1 aliphatic heterocycles. The maximum atomic E-state index is 12.5. The van der Waals surface area contributed by atoms with Gasteiger partial charge >= 0.3 is 0 Å². The summed E-state index contributed by atoms with van der Waals surface area (Å²) in [7, 11) is 0. The van der Waals surface area contributed by atoms with E-state index in [9.17, 15) is 14.7 Å². The van der Waals surface area contributed by atoms with Gasteiger partial charge in [0.25, 0.3) is 5.56 Å². The minimum atomic E-state index is -0.534. The Morgan fingerprint density at radius 2 is 2.35 bits per heavy atom. The van der Waals surface area contributed by atoms with Gasteiger partial charge in [0.05, 0.1) is 12.1 Å². The van der Waals surface area contributed by atoms with Gasteiger partial charge in [-0.05, 0) is 17.5 Å². The summed E-state index contributed by atoms with van der Waals surface area (Å²) in [6.45, 7) is -0.151. The molecule has 3 aromatic rings. The van der Waals surface area contributed by atoms with Crippen LogP contribution in [0.3, 0.4) is 0 Å². The maximum absolute atomic E-state index is 12.5. The number of hydrogen-bond donors (Lipinski definition) is 2. The highest BCUT2D eigenvalue weighted by Gasteiger charge is 2.27. The minimum absolute atomic E-state index is 0.151. The van der Waals surface area contributed by atoms with E-state index < -0.39 is 6.10 Å². The molecule has 7 nitrogen and oxygen atoms in total. The molecule has 1 fully saturated rings. The minimum Gasteiger partial charge on any atom is -0.390 e. The highest BCUT2D eigenvalue weighted by molar-refractivity contribution is 7.99. The third-order valence-corrected chi connectivity index (χ3v) is 5.99. The molecule has 0 aromatic carbocycles. The monoisotopic (exact) mass is 350 g/mol. The number of carbonyl (C=O) groups is 1. The average molecular weight is 350 g/mol. The lowest BCUT2D eigenvalue weighted by Crippen LogP contribution is -2.45. The summed E-state index contributed by atoms with van der Waals surface area (Å²) < 4.78 is 2.90. The molecular formula is C14H14N4O3S2. The van der Waals surface area contributed by atoms with Gasteiger partial charge in [-0.15, -0.1) is 11.3 Å². The molecule has 23 heavy (non-hydrogen) atoms. The average Bonchev–Trinajstić information content (AvgIpc) is 3.19. The molecule has 3 aromatic heterocycles. The second-order valence-corrected chi connectivity index (χ2v) is 7.42. The molecule has 0 radical (unpaired) electrons. The zero-order valence-corrected chi connectivity index (χ0v) is 13.6. The standard InChI is InChI=1S/C14H14N4O3S2/c19-11-6-22-5-9(11)16-12(20)4-18-13(21)10-3-8-1-2-23-14(8)17(10)7-15-18/h1-3,7,9,11,19H,4-6H2,(H,16,20). The number of aliphatic hydroxyl groups excluding tert-OH is 1. The first-order chi connectivity index (χ1) is 11.1. The number of fused-ring (bicyclic) bond motifs is 3. The summed E-state index contributed by atoms with van der Waals surface area (Å²) in [5.74, 6) is 0.989. The number of hydrogen-bond acceptors (Lipinski definition) is 6. The summed E-state index contributed by atoms with van der Waals surface area (Å²) >= 11 is 3.13. The Bertz CT molecular complexity index is 944. The number of nitrogens with zero attached hydrogens (tertiary/aromatic N) is 3. The van der Waals surface area contributed by atoms with Crippen LogP contribution < -0.4 is 10.9 Å². The topological polar surface area (TPSA) is 88.6 Å². The van der Waals surface area contributed by atoms with Crippen molar-refractivity contribution in [2.75, 3.05) is 11.5 Å². The molecule has 1 aliphatic rings. The summed E-state index contributed by atoms with van der Waals surface area (Å²) in [5, 5.41) is 19.5. The maximum Gasteiger partial charge on any atom is 0.291 e. The van der Waals surface area contributed by atoms with Crippen molar-refractivity contribution in [3.8, 4) is 0 Å². The molecule has 120 valence electrons. The van der Waals surface area contributed by atoms with Crippen LogP contribution in [0, 0.1) is 0 Å². The highest BCUT2D eigenvalue weighted by atomic mass is 32.2. The predicted octanol–water partition coefficient (Wildman–Crippen LogP) is 0.303. The fourth-order valence-electron chi connectivity index (χ4n) is 2.70. The number of nitrogens with one attached hydrogen (secondary N) is 1. The highest BCUT2D eigenvalue weighted by Crippen LogP contribution is 2.23. The molecule has 4 rings (SSSR count). The Hall–Kier alpha value is -1.84. The smallest absolute Gasteiger partial charge is 0.291 e. The third-order valence-electron chi connectivity index (χ3n) is 3.90. The van der Waals surface area contributed by atoms with Crippen molar-refractivity contribution in [2.45, 2.75) is 18.7 Å². The second-order valence-electron chi connectivity index (χ2n) is 5.45. The van der Waals surface area contributed by atoms with Crippen LogP contribution in [0.15, 0.2) is 28.6 Å². The van der Waals surface area contributed by atoms with E-state index in [1.54, 1.807) is 22.5 Å². The molecule has 1 saturated heterocycles. The zero-order chi connectivity index (χ0) is 16.0. The van der Waals surface area contributed by atoms with Crippen molar-refractivity contribution in [1.29, 1.82) is 0 Å². The first-order valence-electron chi connectivity index (χ1n) is 7.13. The molecule has 0 bridgehead atoms. The predicted molar refractivity (Wildman–Crippen MR) is 90.1 cm³/mol. The summed E-state index contributed by atoms with van der Waals surface area (Å²) in [6.07, 6.45) is 1.02. The van der Waals surface area contributed by atoms with Crippen molar-refractivity contribution < 1.29 is 9.90 Å². The fraction of sp³-hybridized carbons (Fsp3) is 0.357. The lowest BCUT2D eigenvalue weighted by molar-refractivity contribution is -0.123. The van der Waals surface area contributed by atoms with Crippen LogP contribution in [-0.4, -0.2) is 48.8 Å². The lowest BCUT2D eigenvalue weighted by atomic mass is 10.2. The Labute approximate surface area is 138 Å². The largest absolute Gasteiger partial charge is 0.390 e. The zero-order valence-electron chi connectivity index (χ0n) is 12.0. The second kappa shape index (κ2) is 5.66. The van der Waals surface area contributed by atoms with E-state index in [1.165, 1.54) is 11.3 Å². The van der Waals surface area contributed by atoms with Gasteiger partial charge in [0, 0.05) is 16.9 Å². The summed E-state index contributed by atoms with van der Waals surface area (Å²) in [6, 6.07) is 3.50. The molecular weight excluding hydrogens is 336 g/mol. The van der Waals surface area contributed by atoms with Crippen LogP contribution in [0.25, 0.3) is 15.7 Å². The summed E-state index contributed by atoms with van der Waals surface area (Å²) in [5.41, 5.74) is 0.207. The molecule has 0 spiro atoms. The quantitative estimate of drug-likeness (QED) is 0.709. The molecule has 0 aliphatic carbocycles. The molecule has 2 unspecified atom stereocenters. The molecule has 9 heteroatoms. The van der Waals surface area contributed by atoms with E-state index in [0.29, 0.717) is 17.0 Å². The van der Waals surface area contributed by atoms with Gasteiger partial charge < -0.3 is 10.4 Å². The van der Waals surface area contributed by atoms with Crippen LogP contribution in [0.5, 0.6) is 0 Å². The number of rotatable bonds is 3. The third kappa shape index (κ3) is 2.54. The van der Waals surface area contributed by atoms with Crippen molar-refractivity contribution in [1.82, 2.24) is 19.5 Å². The first-order valence-corrected chi connectivity index (χ1v) is 9.16. The van der Waals surface area contributed by atoms with Crippen molar-refractivity contribution in [3.63, 3.8) is 0 Å². The van der Waals surface area contributed by atoms with Crippen molar-refractivity contribution in [2.24, 2.45) is 0 Å². The Morgan fingerprint density at radius 1 is 1.48 bits per heavy atom. The van der Waals surface area contributed by atoms with E-state index in [4.69, 9.17) is 0 Å². The number of aliphatic hydroxyl groups is 1. The number of carbonyl (C=O) groups excluding carboxylic acids is 1. The number of thioether (sulfide) groups is 1. The van der Waals surface area contributed by atoms with Gasteiger partial charge in [-0.3, -0.25) is 14.0 Å². The van der Waals surface area contributed by atoms with Gasteiger partial charge in [0.2, 0.25) is 5.91 Å². The molecule has 2 atom stereocenters. The van der Waals surface area contributed by atoms with Crippen LogP contribution in [-0.2, 0) is 11.3 Å². The molecule has 2 N–H and O–H groups in total. The normalized spacial score (nSPS) is 21.3. The van der Waals surface area contributed by atoms with E-state index in [-0.39, 0.29) is 24.1 Å². The number of amides is 1. The molecule has 4 heterocycles. The first kappa shape index (κ1) is 14.7. The van der Waals surface area contributed by atoms with Crippen LogP contribution in [0.4, 0.5) is 0 Å². The van der Waals surface area contributed by atoms with E-state index in [1.807, 2.05) is 17.5 Å². The molecule has 1 amide bonds. The summed E-state index contributed by atoms with van der Waals surface area (Å²) in [4.78, 5) is 25.5. The van der Waals surface area contributed by atoms with Gasteiger partial charge in [-0.25, -0.2) is 4.68 Å². The van der Waals surface area contributed by atoms with E-state index >= 15 is 0 Å². The Morgan fingerprint density at radius 3 is 3.13 bits per heavy atom. The van der Waals surface area contributed by atoms with Gasteiger partial charge in [-0.1, -0.05) is 0 Å². The van der Waals surface area contributed by atoms with Gasteiger partial charge in [0.1, 0.15) is 23.2 Å². The lowest BCUT2D eigenvalue weighted by Gasteiger charge is -2.15. The van der Waals surface area contributed by atoms with Crippen LogP contribution in [0.2, 0.25) is 0 Å². The molecule has 0 saturated carbocycles. The van der Waals surface area contributed by atoms with Gasteiger partial charge in [-0.2, -0.15) is 16.9 Å². The van der Waals surface area contributed by atoms with Crippen molar-refractivity contribution in [3.05, 3.63) is 34.2 Å². The fourth-order valence-corrected chi connectivity index (χ4v) is 4.74. The SMILES string of the molecule is O=C(Cn1ncn2c(cc3ccsc32)c1=O)NC1CSCC1O. The Balaban J connectivity index is 1.60. The number of thiophene rings is 1. The van der Waals surface area contributed by atoms with Crippen molar-refractivity contribution >= 4 is 44.7 Å². The van der Waals surface area contributed by atoms with E-state index in [2.05, 4.69) is 10.4 Å².